The Labute approximate surface area is 164 Å². The number of nitrogens with zero attached hydrogens (tertiary/aromatic N) is 2. The van der Waals surface area contributed by atoms with Gasteiger partial charge in [0, 0.05) is 38.8 Å². The molecule has 0 atom stereocenters. The van der Waals surface area contributed by atoms with Gasteiger partial charge in [0.15, 0.2) is 0 Å². The summed E-state index contributed by atoms with van der Waals surface area (Å²) in [4.78, 5) is 16.8. The lowest BCUT2D eigenvalue weighted by Crippen LogP contribution is -2.60. The molecule has 4 nitrogen and oxygen atoms in total. The molecule has 4 aliphatic carbocycles. The standard InChI is InChI=1S/C19H32N2O2.2ClH/c1-2-23-18(22)3-4-20-5-7-21(8-6-20)19-16-10-14-9-15(12-16)13-17(19)11-14;;/h14-17,19H,2-13H2,1H3;2*1H. The molecule has 5 fully saturated rings. The van der Waals surface area contributed by atoms with Crippen LogP contribution in [0.25, 0.3) is 0 Å². The average molecular weight is 393 g/mol. The van der Waals surface area contributed by atoms with Gasteiger partial charge in [-0.05, 0) is 62.7 Å². The molecule has 0 unspecified atom stereocenters. The molecule has 0 aromatic heterocycles. The van der Waals surface area contributed by atoms with Crippen molar-refractivity contribution in [1.29, 1.82) is 0 Å². The summed E-state index contributed by atoms with van der Waals surface area (Å²) in [6.45, 7) is 7.91. The van der Waals surface area contributed by atoms with E-state index in [1.165, 1.54) is 38.8 Å². The predicted molar refractivity (Wildman–Crippen MR) is 105 cm³/mol. The largest absolute Gasteiger partial charge is 0.466 e. The number of piperazine rings is 1. The first kappa shape index (κ1) is 21.3. The minimum atomic E-state index is -0.0454. The number of hydrogen-bond acceptors (Lipinski definition) is 4. The zero-order valence-electron chi connectivity index (χ0n) is 15.4. The van der Waals surface area contributed by atoms with Crippen molar-refractivity contribution in [2.24, 2.45) is 23.7 Å². The maximum atomic E-state index is 11.5. The monoisotopic (exact) mass is 392 g/mol. The van der Waals surface area contributed by atoms with E-state index in [0.717, 1.165) is 49.3 Å². The van der Waals surface area contributed by atoms with E-state index >= 15 is 0 Å². The molecule has 0 N–H and O–H groups in total. The molecule has 4 saturated carbocycles. The Hall–Kier alpha value is -0.0300. The Morgan fingerprint density at radius 1 is 0.920 bits per heavy atom. The number of esters is 1. The minimum Gasteiger partial charge on any atom is -0.466 e. The van der Waals surface area contributed by atoms with E-state index in [2.05, 4.69) is 9.80 Å². The van der Waals surface area contributed by atoms with Gasteiger partial charge in [-0.15, -0.1) is 24.8 Å². The van der Waals surface area contributed by atoms with Gasteiger partial charge >= 0.3 is 5.97 Å². The summed E-state index contributed by atoms with van der Waals surface area (Å²) in [6.07, 6.45) is 8.15. The number of carbonyl (C=O) groups excluding carboxylic acids is 1. The molecule has 4 bridgehead atoms. The second-order valence-electron chi connectivity index (χ2n) is 8.35. The molecule has 5 rings (SSSR count). The van der Waals surface area contributed by atoms with E-state index < -0.39 is 0 Å². The Kier molecular flexibility index (Phi) is 7.87. The highest BCUT2D eigenvalue weighted by molar-refractivity contribution is 5.85. The number of carbonyl (C=O) groups is 1. The van der Waals surface area contributed by atoms with Crippen LogP contribution in [-0.4, -0.2) is 61.1 Å². The molecule has 5 aliphatic rings. The van der Waals surface area contributed by atoms with Gasteiger partial charge in [0.25, 0.3) is 0 Å². The maximum Gasteiger partial charge on any atom is 0.307 e. The lowest BCUT2D eigenvalue weighted by atomic mass is 9.54. The Balaban J connectivity index is 0.00000113. The zero-order valence-corrected chi connectivity index (χ0v) is 17.0. The second-order valence-corrected chi connectivity index (χ2v) is 8.35. The van der Waals surface area contributed by atoms with Gasteiger partial charge in [-0.2, -0.15) is 0 Å². The van der Waals surface area contributed by atoms with Gasteiger partial charge in [0.2, 0.25) is 0 Å². The molecule has 0 aromatic carbocycles. The topological polar surface area (TPSA) is 32.8 Å². The number of halogens is 2. The van der Waals surface area contributed by atoms with Gasteiger partial charge < -0.3 is 9.64 Å². The van der Waals surface area contributed by atoms with Gasteiger partial charge in [0.05, 0.1) is 13.0 Å². The fourth-order valence-corrected chi connectivity index (χ4v) is 6.26. The van der Waals surface area contributed by atoms with Crippen molar-refractivity contribution in [2.45, 2.75) is 51.5 Å². The van der Waals surface area contributed by atoms with Crippen LogP contribution < -0.4 is 0 Å². The van der Waals surface area contributed by atoms with Gasteiger partial charge in [-0.3, -0.25) is 9.69 Å². The molecule has 1 heterocycles. The van der Waals surface area contributed by atoms with Crippen LogP contribution in [-0.2, 0) is 9.53 Å². The van der Waals surface area contributed by atoms with Crippen molar-refractivity contribution >= 4 is 30.8 Å². The average Bonchev–Trinajstić information content (AvgIpc) is 2.53. The molecule has 1 aliphatic heterocycles. The van der Waals surface area contributed by atoms with Crippen molar-refractivity contribution in [3.63, 3.8) is 0 Å². The van der Waals surface area contributed by atoms with Crippen LogP contribution in [0.4, 0.5) is 0 Å². The highest BCUT2D eigenvalue weighted by Crippen LogP contribution is 2.55. The van der Waals surface area contributed by atoms with Gasteiger partial charge in [0.1, 0.15) is 0 Å². The minimum absolute atomic E-state index is 0. The summed E-state index contributed by atoms with van der Waals surface area (Å²) in [7, 11) is 0. The summed E-state index contributed by atoms with van der Waals surface area (Å²) in [6, 6.07) is 0.884. The van der Waals surface area contributed by atoms with Crippen molar-refractivity contribution in [3.8, 4) is 0 Å². The molecule has 0 amide bonds. The summed E-state index contributed by atoms with van der Waals surface area (Å²) in [5.41, 5.74) is 0. The van der Waals surface area contributed by atoms with Gasteiger partial charge in [-0.25, -0.2) is 0 Å². The fraction of sp³-hybridized carbons (Fsp3) is 0.947. The highest BCUT2D eigenvalue weighted by atomic mass is 35.5. The first-order valence-corrected chi connectivity index (χ1v) is 9.85. The summed E-state index contributed by atoms with van der Waals surface area (Å²) in [5, 5.41) is 0. The molecule has 146 valence electrons. The first-order chi connectivity index (χ1) is 11.2. The van der Waals surface area contributed by atoms with E-state index in [1.807, 2.05) is 6.92 Å². The molecule has 6 heteroatoms. The van der Waals surface area contributed by atoms with Crippen molar-refractivity contribution in [2.75, 3.05) is 39.3 Å². The normalized spacial score (nSPS) is 37.2. The zero-order chi connectivity index (χ0) is 15.8. The van der Waals surface area contributed by atoms with E-state index in [9.17, 15) is 4.79 Å². The van der Waals surface area contributed by atoms with Crippen molar-refractivity contribution in [1.82, 2.24) is 9.80 Å². The molecule has 0 radical (unpaired) electrons. The summed E-state index contributed by atoms with van der Waals surface area (Å²) in [5.74, 6) is 4.09. The number of ether oxygens (including phenoxy) is 1. The Morgan fingerprint density at radius 3 is 2.00 bits per heavy atom. The maximum absolute atomic E-state index is 11.5. The van der Waals surface area contributed by atoms with E-state index in [-0.39, 0.29) is 30.8 Å². The second kappa shape index (κ2) is 9.25. The molecule has 0 aromatic rings. The van der Waals surface area contributed by atoms with E-state index in [4.69, 9.17) is 4.74 Å². The van der Waals surface area contributed by atoms with Crippen LogP contribution in [0.3, 0.4) is 0 Å². The van der Waals surface area contributed by atoms with Crippen molar-refractivity contribution in [3.05, 3.63) is 0 Å². The molecule has 25 heavy (non-hydrogen) atoms. The lowest BCUT2D eigenvalue weighted by Gasteiger charge is -2.58. The molecule has 0 spiro atoms. The Bertz CT molecular complexity index is 413. The quantitative estimate of drug-likeness (QED) is 0.672. The summed E-state index contributed by atoms with van der Waals surface area (Å²) >= 11 is 0. The van der Waals surface area contributed by atoms with E-state index in [1.54, 1.807) is 6.42 Å². The third-order valence-electron chi connectivity index (χ3n) is 6.94. The fourth-order valence-electron chi connectivity index (χ4n) is 6.26. The highest BCUT2D eigenvalue weighted by Gasteiger charge is 2.50. The van der Waals surface area contributed by atoms with Crippen LogP contribution in [0.2, 0.25) is 0 Å². The first-order valence-electron chi connectivity index (χ1n) is 9.85. The molecular weight excluding hydrogens is 359 g/mol. The molecule has 1 saturated heterocycles. The van der Waals surface area contributed by atoms with Crippen LogP contribution in [0, 0.1) is 23.7 Å². The summed E-state index contributed by atoms with van der Waals surface area (Å²) < 4.78 is 5.04. The van der Waals surface area contributed by atoms with E-state index in [0.29, 0.717) is 13.0 Å². The third kappa shape index (κ3) is 4.63. The third-order valence-corrected chi connectivity index (χ3v) is 6.94. The molecular formula is C19H34Cl2N2O2. The Morgan fingerprint density at radius 2 is 1.48 bits per heavy atom. The predicted octanol–water partition coefficient (Wildman–Crippen LogP) is 3.23. The number of rotatable bonds is 5. The van der Waals surface area contributed by atoms with Crippen LogP contribution in [0.15, 0.2) is 0 Å². The smallest absolute Gasteiger partial charge is 0.307 e. The van der Waals surface area contributed by atoms with Crippen LogP contribution in [0.1, 0.15) is 45.4 Å². The van der Waals surface area contributed by atoms with Crippen molar-refractivity contribution < 1.29 is 9.53 Å². The van der Waals surface area contributed by atoms with Crippen LogP contribution >= 0.6 is 24.8 Å². The SMILES string of the molecule is CCOC(=O)CCN1CCN(C2C3CC4CC(C3)CC2C4)CC1.Cl.Cl. The van der Waals surface area contributed by atoms with Gasteiger partial charge in [-0.1, -0.05) is 0 Å². The number of hydrogen-bond donors (Lipinski definition) is 0. The van der Waals surface area contributed by atoms with Crippen LogP contribution in [0.5, 0.6) is 0 Å². The lowest BCUT2D eigenvalue weighted by molar-refractivity contribution is -0.143.